The lowest BCUT2D eigenvalue weighted by Crippen LogP contribution is -2.18. The third-order valence-electron chi connectivity index (χ3n) is 3.82. The highest BCUT2D eigenvalue weighted by atomic mass is 35.5. The molecule has 1 aromatic heterocycles. The van der Waals surface area contributed by atoms with Crippen LogP contribution in [0.1, 0.15) is 5.56 Å². The number of aromatic nitrogens is 1. The van der Waals surface area contributed by atoms with E-state index in [2.05, 4.69) is 21.0 Å². The molecule has 1 unspecified atom stereocenters. The zero-order valence-corrected chi connectivity index (χ0v) is 14.1. The van der Waals surface area contributed by atoms with E-state index in [0.717, 1.165) is 23.1 Å². The number of pyridine rings is 1. The zero-order valence-electron chi connectivity index (χ0n) is 13.3. The van der Waals surface area contributed by atoms with Crippen LogP contribution < -0.4 is 4.74 Å². The molecule has 124 valence electrons. The lowest BCUT2D eigenvalue weighted by atomic mass is 9.98. The van der Waals surface area contributed by atoms with Crippen LogP contribution >= 0.6 is 11.6 Å². The lowest BCUT2D eigenvalue weighted by Gasteiger charge is -2.15. The molecule has 1 aromatic carbocycles. The number of ether oxygens (including phenoxy) is 1. The van der Waals surface area contributed by atoms with Crippen LogP contribution in [0.25, 0.3) is 11.1 Å². The first kappa shape index (κ1) is 16.6. The largest absolute Gasteiger partial charge is 0.481 e. The van der Waals surface area contributed by atoms with Gasteiger partial charge in [0, 0.05) is 35.5 Å². The summed E-state index contributed by atoms with van der Waals surface area (Å²) in [5.74, 6) is 1.25. The van der Waals surface area contributed by atoms with E-state index in [1.54, 1.807) is 7.11 Å². The fourth-order valence-electron chi connectivity index (χ4n) is 2.65. The molecule has 0 fully saturated rings. The molecule has 5 nitrogen and oxygen atoms in total. The molecule has 0 amide bonds. The molecule has 1 atom stereocenters. The third-order valence-corrected chi connectivity index (χ3v) is 4.05. The molecule has 0 saturated heterocycles. The van der Waals surface area contributed by atoms with Gasteiger partial charge in [-0.3, -0.25) is 4.99 Å². The maximum Gasteiger partial charge on any atom is 0.221 e. The van der Waals surface area contributed by atoms with Crippen molar-refractivity contribution in [3.63, 3.8) is 0 Å². The van der Waals surface area contributed by atoms with Gasteiger partial charge in [-0.05, 0) is 35.7 Å². The summed E-state index contributed by atoms with van der Waals surface area (Å²) in [6, 6.07) is 9.68. The fraction of sp³-hybridized carbons (Fsp3) is 0.278. The minimum Gasteiger partial charge on any atom is -0.481 e. The summed E-state index contributed by atoms with van der Waals surface area (Å²) in [5, 5.41) is 9.70. The molecule has 1 aliphatic heterocycles. The highest BCUT2D eigenvalue weighted by Crippen LogP contribution is 2.31. The number of halogens is 1. The van der Waals surface area contributed by atoms with E-state index >= 15 is 0 Å². The van der Waals surface area contributed by atoms with Crippen molar-refractivity contribution in [2.45, 2.75) is 6.42 Å². The van der Waals surface area contributed by atoms with Gasteiger partial charge in [0.15, 0.2) is 0 Å². The van der Waals surface area contributed by atoms with Crippen LogP contribution in [0.4, 0.5) is 0 Å². The molecule has 1 N–H and O–H groups in total. The number of benzene rings is 1. The van der Waals surface area contributed by atoms with E-state index in [1.807, 2.05) is 36.7 Å². The zero-order chi connectivity index (χ0) is 16.9. The third kappa shape index (κ3) is 3.80. The van der Waals surface area contributed by atoms with E-state index < -0.39 is 0 Å². The molecule has 0 radical (unpaired) electrons. The van der Waals surface area contributed by atoms with Crippen molar-refractivity contribution in [3.05, 3.63) is 47.1 Å². The van der Waals surface area contributed by atoms with Crippen LogP contribution in [-0.4, -0.2) is 42.4 Å². The second kappa shape index (κ2) is 7.55. The van der Waals surface area contributed by atoms with Gasteiger partial charge in [-0.1, -0.05) is 23.7 Å². The van der Waals surface area contributed by atoms with Crippen molar-refractivity contribution in [1.82, 2.24) is 4.98 Å². The molecular formula is C18H18ClN3O2. The molecule has 3 rings (SSSR count). The fourth-order valence-corrected chi connectivity index (χ4v) is 2.84. The minimum absolute atomic E-state index is 0.119. The smallest absolute Gasteiger partial charge is 0.221 e. The Labute approximate surface area is 145 Å². The Morgan fingerprint density at radius 2 is 2.21 bits per heavy atom. The van der Waals surface area contributed by atoms with Crippen LogP contribution in [0.2, 0.25) is 5.02 Å². The predicted molar refractivity (Wildman–Crippen MR) is 96.3 cm³/mol. The molecule has 2 aromatic rings. The quantitative estimate of drug-likeness (QED) is 0.907. The Kier molecular flexibility index (Phi) is 5.23. The number of rotatable bonds is 5. The monoisotopic (exact) mass is 343 g/mol. The lowest BCUT2D eigenvalue weighted by molar-refractivity contribution is 0.355. The van der Waals surface area contributed by atoms with Crippen molar-refractivity contribution < 1.29 is 9.84 Å². The summed E-state index contributed by atoms with van der Waals surface area (Å²) in [6.07, 6.45) is 4.43. The summed E-state index contributed by atoms with van der Waals surface area (Å²) in [7, 11) is 1.61. The predicted octanol–water partition coefficient (Wildman–Crippen LogP) is 3.04. The van der Waals surface area contributed by atoms with Gasteiger partial charge in [0.1, 0.15) is 12.4 Å². The maximum absolute atomic E-state index is 9.03. The molecular weight excluding hydrogens is 326 g/mol. The van der Waals surface area contributed by atoms with Crippen molar-refractivity contribution in [2.75, 3.05) is 20.3 Å². The molecule has 2 heterocycles. The highest BCUT2D eigenvalue weighted by Gasteiger charge is 2.14. The van der Waals surface area contributed by atoms with E-state index in [-0.39, 0.29) is 12.5 Å². The molecule has 6 heteroatoms. The van der Waals surface area contributed by atoms with E-state index in [9.17, 15) is 0 Å². The molecule has 24 heavy (non-hydrogen) atoms. The number of aliphatic imine (C=N–C) groups is 2. The number of aliphatic hydroxyl groups is 1. The molecule has 0 aliphatic carbocycles. The van der Waals surface area contributed by atoms with Crippen LogP contribution in [0.15, 0.2) is 46.5 Å². The van der Waals surface area contributed by atoms with Gasteiger partial charge in [0.25, 0.3) is 0 Å². The van der Waals surface area contributed by atoms with Crippen LogP contribution in [0, 0.1) is 5.92 Å². The first-order valence-electron chi connectivity index (χ1n) is 7.67. The SMILES string of the molecule is COc1ncc(CC2C=NC(CO)=NC2)cc1-c1cccc(Cl)c1. The number of amidine groups is 1. The Balaban J connectivity index is 1.85. The number of aliphatic hydroxyl groups excluding tert-OH is 1. The average molecular weight is 344 g/mol. The van der Waals surface area contributed by atoms with Crippen molar-refractivity contribution in [3.8, 4) is 17.0 Å². The second-order valence-electron chi connectivity index (χ2n) is 5.57. The van der Waals surface area contributed by atoms with Crippen molar-refractivity contribution in [2.24, 2.45) is 15.9 Å². The van der Waals surface area contributed by atoms with E-state index in [0.29, 0.717) is 23.3 Å². The number of methoxy groups -OCH3 is 1. The van der Waals surface area contributed by atoms with Gasteiger partial charge >= 0.3 is 0 Å². The van der Waals surface area contributed by atoms with Gasteiger partial charge in [-0.15, -0.1) is 0 Å². The summed E-state index contributed by atoms with van der Waals surface area (Å²) < 4.78 is 5.38. The van der Waals surface area contributed by atoms with Crippen LogP contribution in [0.5, 0.6) is 5.88 Å². The van der Waals surface area contributed by atoms with Gasteiger partial charge in [-0.2, -0.15) is 0 Å². The van der Waals surface area contributed by atoms with Crippen LogP contribution in [0.3, 0.4) is 0 Å². The van der Waals surface area contributed by atoms with Gasteiger partial charge in [0.2, 0.25) is 5.88 Å². The Morgan fingerprint density at radius 3 is 2.88 bits per heavy atom. The molecule has 0 bridgehead atoms. The highest BCUT2D eigenvalue weighted by molar-refractivity contribution is 6.30. The van der Waals surface area contributed by atoms with Crippen molar-refractivity contribution >= 4 is 23.7 Å². The first-order valence-corrected chi connectivity index (χ1v) is 8.04. The van der Waals surface area contributed by atoms with E-state index in [1.165, 1.54) is 0 Å². The minimum atomic E-state index is -0.119. The van der Waals surface area contributed by atoms with Crippen molar-refractivity contribution in [1.29, 1.82) is 0 Å². The average Bonchev–Trinajstić information content (AvgIpc) is 2.62. The molecule has 0 spiro atoms. The van der Waals surface area contributed by atoms with Gasteiger partial charge in [0.05, 0.1) is 7.11 Å². The number of hydrogen-bond donors (Lipinski definition) is 1. The summed E-state index contributed by atoms with van der Waals surface area (Å²) in [4.78, 5) is 12.8. The normalized spacial score (nSPS) is 16.8. The summed E-state index contributed by atoms with van der Waals surface area (Å²) >= 11 is 6.10. The Hall–Kier alpha value is -2.24. The molecule has 1 aliphatic rings. The number of nitrogens with zero attached hydrogens (tertiary/aromatic N) is 3. The maximum atomic E-state index is 9.03. The number of hydrogen-bond acceptors (Lipinski definition) is 5. The molecule has 0 saturated carbocycles. The van der Waals surface area contributed by atoms with Gasteiger partial charge in [-0.25, -0.2) is 9.98 Å². The topological polar surface area (TPSA) is 67.1 Å². The Bertz CT molecular complexity index is 790. The van der Waals surface area contributed by atoms with E-state index in [4.69, 9.17) is 21.4 Å². The van der Waals surface area contributed by atoms with Gasteiger partial charge < -0.3 is 9.84 Å². The second-order valence-corrected chi connectivity index (χ2v) is 6.00. The standard InChI is InChI=1S/C18H18ClN3O2/c1-24-18-16(14-3-2-4-15(19)7-14)6-12(8-22-18)5-13-9-20-17(11-23)21-10-13/h2-4,6-9,13,23H,5,10-11H2,1H3. The summed E-state index contributed by atoms with van der Waals surface area (Å²) in [5.41, 5.74) is 2.95. The van der Waals surface area contributed by atoms with Crippen LogP contribution in [-0.2, 0) is 6.42 Å². The Morgan fingerprint density at radius 1 is 1.33 bits per heavy atom. The summed E-state index contributed by atoms with van der Waals surface area (Å²) in [6.45, 7) is 0.504. The first-order chi connectivity index (χ1) is 11.7.